The van der Waals surface area contributed by atoms with Gasteiger partial charge in [-0.1, -0.05) is 25.1 Å². The molecule has 2 aliphatic rings. The largest absolute Gasteiger partial charge is 0.358 e. The molecule has 1 aliphatic carbocycles. The molecule has 1 unspecified atom stereocenters. The molecule has 1 fully saturated rings. The van der Waals surface area contributed by atoms with E-state index in [4.69, 9.17) is 0 Å². The van der Waals surface area contributed by atoms with Gasteiger partial charge >= 0.3 is 0 Å². The summed E-state index contributed by atoms with van der Waals surface area (Å²) in [6.45, 7) is 3.91. The Labute approximate surface area is 176 Å². The highest BCUT2D eigenvalue weighted by Crippen LogP contribution is 2.33. The van der Waals surface area contributed by atoms with Crippen LogP contribution in [-0.2, 0) is 12.8 Å². The third-order valence-corrected chi connectivity index (χ3v) is 6.47. The van der Waals surface area contributed by atoms with E-state index in [1.165, 1.54) is 17.7 Å². The monoisotopic (exact) mass is 401 g/mol. The van der Waals surface area contributed by atoms with Crippen LogP contribution in [0.25, 0.3) is 10.9 Å². The van der Waals surface area contributed by atoms with Gasteiger partial charge in [-0.15, -0.1) is 0 Å². The zero-order valence-corrected chi connectivity index (χ0v) is 17.3. The number of anilines is 1. The maximum Gasteiger partial charge on any atom is 0.257 e. The molecule has 2 amide bonds. The summed E-state index contributed by atoms with van der Waals surface area (Å²) in [6.07, 6.45) is 5.39. The number of H-pyrrole nitrogens is 1. The molecular formula is C25H27N3O2. The minimum absolute atomic E-state index is 0.0388. The fourth-order valence-electron chi connectivity index (χ4n) is 4.84. The van der Waals surface area contributed by atoms with Gasteiger partial charge in [-0.2, -0.15) is 0 Å². The Bertz CT molecular complexity index is 1120. The molecule has 2 aromatic carbocycles. The summed E-state index contributed by atoms with van der Waals surface area (Å²) in [5, 5.41) is 4.15. The van der Waals surface area contributed by atoms with Crippen molar-refractivity contribution < 1.29 is 9.59 Å². The summed E-state index contributed by atoms with van der Waals surface area (Å²) in [5.74, 6) is 0.555. The average molecular weight is 402 g/mol. The second kappa shape index (κ2) is 7.63. The Hall–Kier alpha value is -3.08. The molecule has 1 atom stereocenters. The molecule has 2 heterocycles. The number of aromatic amines is 1. The van der Waals surface area contributed by atoms with Gasteiger partial charge in [-0.25, -0.2) is 0 Å². The second-order valence-electron chi connectivity index (χ2n) is 8.69. The first-order valence-electron chi connectivity index (χ1n) is 10.9. The van der Waals surface area contributed by atoms with Crippen LogP contribution in [0.2, 0.25) is 0 Å². The smallest absolute Gasteiger partial charge is 0.257 e. The zero-order valence-electron chi connectivity index (χ0n) is 17.3. The van der Waals surface area contributed by atoms with Crippen molar-refractivity contribution >= 4 is 28.4 Å². The summed E-state index contributed by atoms with van der Waals surface area (Å²) in [5.41, 5.74) is 5.45. The van der Waals surface area contributed by atoms with E-state index in [-0.39, 0.29) is 11.8 Å². The van der Waals surface area contributed by atoms with Crippen LogP contribution < -0.4 is 5.32 Å². The van der Waals surface area contributed by atoms with Crippen molar-refractivity contribution in [3.63, 3.8) is 0 Å². The SMILES string of the molecule is CC1CCc2[nH]c3c(C(=O)Nc4cccc(C(=O)N5CCCC5)c4)cccc3c2C1. The topological polar surface area (TPSA) is 65.2 Å². The minimum Gasteiger partial charge on any atom is -0.358 e. The van der Waals surface area contributed by atoms with Crippen LogP contribution in [0.4, 0.5) is 5.69 Å². The lowest BCUT2D eigenvalue weighted by molar-refractivity contribution is 0.0792. The van der Waals surface area contributed by atoms with Crippen molar-refractivity contribution in [1.29, 1.82) is 0 Å². The second-order valence-corrected chi connectivity index (χ2v) is 8.69. The van der Waals surface area contributed by atoms with Crippen LogP contribution in [0, 0.1) is 5.92 Å². The maximum absolute atomic E-state index is 13.1. The first kappa shape index (κ1) is 18.9. The molecule has 1 aromatic heterocycles. The Morgan fingerprint density at radius 2 is 1.90 bits per heavy atom. The molecule has 1 aliphatic heterocycles. The molecule has 5 nitrogen and oxygen atoms in total. The minimum atomic E-state index is -0.155. The highest BCUT2D eigenvalue weighted by atomic mass is 16.2. The zero-order chi connectivity index (χ0) is 20.7. The third-order valence-electron chi connectivity index (χ3n) is 6.47. The number of para-hydroxylation sites is 1. The lowest BCUT2D eigenvalue weighted by Crippen LogP contribution is -2.27. The molecular weight excluding hydrogens is 374 g/mol. The van der Waals surface area contributed by atoms with E-state index < -0.39 is 0 Å². The van der Waals surface area contributed by atoms with Crippen molar-refractivity contribution in [3.05, 3.63) is 64.8 Å². The molecule has 0 radical (unpaired) electrons. The van der Waals surface area contributed by atoms with Gasteiger partial charge in [0.1, 0.15) is 0 Å². The van der Waals surface area contributed by atoms with E-state index in [1.54, 1.807) is 6.07 Å². The van der Waals surface area contributed by atoms with E-state index in [2.05, 4.69) is 23.3 Å². The summed E-state index contributed by atoms with van der Waals surface area (Å²) in [4.78, 5) is 31.2. The van der Waals surface area contributed by atoms with E-state index >= 15 is 0 Å². The van der Waals surface area contributed by atoms with Gasteiger partial charge in [0, 0.05) is 35.4 Å². The van der Waals surface area contributed by atoms with Crippen molar-refractivity contribution in [3.8, 4) is 0 Å². The molecule has 1 saturated heterocycles. The van der Waals surface area contributed by atoms with Gasteiger partial charge in [-0.3, -0.25) is 9.59 Å². The van der Waals surface area contributed by atoms with Crippen molar-refractivity contribution in [2.45, 2.75) is 39.0 Å². The molecule has 0 bridgehead atoms. The van der Waals surface area contributed by atoms with Gasteiger partial charge in [0.05, 0.1) is 11.1 Å². The number of hydrogen-bond acceptors (Lipinski definition) is 2. The summed E-state index contributed by atoms with van der Waals surface area (Å²) in [7, 11) is 0. The number of fused-ring (bicyclic) bond motifs is 3. The number of aryl methyl sites for hydroxylation is 1. The predicted molar refractivity (Wildman–Crippen MR) is 119 cm³/mol. The van der Waals surface area contributed by atoms with E-state index in [1.807, 2.05) is 35.2 Å². The molecule has 5 heteroatoms. The molecule has 30 heavy (non-hydrogen) atoms. The number of carbonyl (C=O) groups excluding carboxylic acids is 2. The number of likely N-dealkylation sites (tertiary alicyclic amines) is 1. The van der Waals surface area contributed by atoms with Gasteiger partial charge in [0.15, 0.2) is 0 Å². The fourth-order valence-corrected chi connectivity index (χ4v) is 4.84. The Morgan fingerprint density at radius 3 is 2.73 bits per heavy atom. The number of aromatic nitrogens is 1. The number of carbonyl (C=O) groups is 2. The predicted octanol–water partition coefficient (Wildman–Crippen LogP) is 4.78. The molecule has 0 saturated carbocycles. The Balaban J connectivity index is 1.41. The van der Waals surface area contributed by atoms with E-state index in [9.17, 15) is 9.59 Å². The van der Waals surface area contributed by atoms with Crippen LogP contribution in [0.5, 0.6) is 0 Å². The molecule has 2 N–H and O–H groups in total. The standard InChI is InChI=1S/C25H27N3O2/c1-16-10-11-22-21(14-16)19-8-5-9-20(23(19)27-22)24(29)26-18-7-4-6-17(15-18)25(30)28-12-2-3-13-28/h4-9,15-16,27H,2-3,10-14H2,1H3,(H,26,29). The van der Waals surface area contributed by atoms with E-state index in [0.29, 0.717) is 22.7 Å². The number of amides is 2. The number of hydrogen-bond donors (Lipinski definition) is 2. The summed E-state index contributed by atoms with van der Waals surface area (Å²) in [6, 6.07) is 13.2. The third kappa shape index (κ3) is 3.38. The lowest BCUT2D eigenvalue weighted by Gasteiger charge is -2.17. The van der Waals surface area contributed by atoms with Crippen LogP contribution in [0.3, 0.4) is 0 Å². The van der Waals surface area contributed by atoms with Crippen LogP contribution in [0.1, 0.15) is 58.2 Å². The maximum atomic E-state index is 13.1. The highest BCUT2D eigenvalue weighted by Gasteiger charge is 2.23. The Morgan fingerprint density at radius 1 is 1.10 bits per heavy atom. The normalized spacial score (nSPS) is 18.4. The molecule has 5 rings (SSSR count). The quantitative estimate of drug-likeness (QED) is 0.663. The van der Waals surface area contributed by atoms with Gasteiger partial charge in [-0.05, 0) is 67.9 Å². The number of nitrogens with zero attached hydrogens (tertiary/aromatic N) is 1. The van der Waals surface area contributed by atoms with E-state index in [0.717, 1.165) is 49.7 Å². The lowest BCUT2D eigenvalue weighted by atomic mass is 9.87. The van der Waals surface area contributed by atoms with Crippen LogP contribution in [-0.4, -0.2) is 34.8 Å². The number of benzene rings is 2. The van der Waals surface area contributed by atoms with Gasteiger partial charge in [0.25, 0.3) is 11.8 Å². The molecule has 3 aromatic rings. The van der Waals surface area contributed by atoms with Crippen LogP contribution >= 0.6 is 0 Å². The molecule has 0 spiro atoms. The first-order chi connectivity index (χ1) is 14.6. The van der Waals surface area contributed by atoms with Gasteiger partial charge < -0.3 is 15.2 Å². The number of rotatable bonds is 3. The number of nitrogens with one attached hydrogen (secondary N) is 2. The Kier molecular flexibility index (Phi) is 4.81. The first-order valence-corrected chi connectivity index (χ1v) is 10.9. The van der Waals surface area contributed by atoms with Gasteiger partial charge in [0.2, 0.25) is 0 Å². The van der Waals surface area contributed by atoms with Crippen LogP contribution in [0.15, 0.2) is 42.5 Å². The summed E-state index contributed by atoms with van der Waals surface area (Å²) >= 11 is 0. The fraction of sp³-hybridized carbons (Fsp3) is 0.360. The van der Waals surface area contributed by atoms with Crippen molar-refractivity contribution in [1.82, 2.24) is 9.88 Å². The average Bonchev–Trinajstić information content (AvgIpc) is 3.41. The molecule has 154 valence electrons. The summed E-state index contributed by atoms with van der Waals surface area (Å²) < 4.78 is 0. The van der Waals surface area contributed by atoms with Crippen molar-refractivity contribution in [2.24, 2.45) is 5.92 Å². The highest BCUT2D eigenvalue weighted by molar-refractivity contribution is 6.13. The van der Waals surface area contributed by atoms with Crippen molar-refractivity contribution in [2.75, 3.05) is 18.4 Å².